The Bertz CT molecular complexity index is 320. The van der Waals surface area contributed by atoms with Gasteiger partial charge in [0.25, 0.3) is 5.82 Å². The van der Waals surface area contributed by atoms with Crippen molar-refractivity contribution in [1.29, 1.82) is 0 Å². The first kappa shape index (κ1) is 13.7. The van der Waals surface area contributed by atoms with Crippen LogP contribution in [0.15, 0.2) is 24.8 Å². The maximum atomic E-state index is 3.98. The molecule has 15 heavy (non-hydrogen) atoms. The van der Waals surface area contributed by atoms with Crippen LogP contribution >= 0.6 is 0 Å². The van der Waals surface area contributed by atoms with Gasteiger partial charge in [0.1, 0.15) is 18.2 Å². The highest BCUT2D eigenvalue weighted by Crippen LogP contribution is 1.87. The number of aryl methyl sites for hydroxylation is 4. The van der Waals surface area contributed by atoms with Crippen LogP contribution in [-0.2, 0) is 14.1 Å². The summed E-state index contributed by atoms with van der Waals surface area (Å²) in [7, 11) is 3.98. The fraction of sp³-hybridized carbons (Fsp3) is 0.400. The highest BCUT2D eigenvalue weighted by atomic mass is 35.5. The van der Waals surface area contributed by atoms with Crippen LogP contribution in [0, 0.1) is 13.8 Å². The third kappa shape index (κ3) is 4.16. The normalized spacial score (nSPS) is 8.80. The molecule has 2 aromatic rings. The lowest BCUT2D eigenvalue weighted by molar-refractivity contribution is -0.676. The van der Waals surface area contributed by atoms with Crippen LogP contribution in [0.2, 0.25) is 0 Å². The van der Waals surface area contributed by atoms with E-state index in [2.05, 4.69) is 9.97 Å². The Kier molecular flexibility index (Phi) is 5.70. The van der Waals surface area contributed by atoms with Gasteiger partial charge in [-0.1, -0.05) is 0 Å². The van der Waals surface area contributed by atoms with Crippen LogP contribution in [0.5, 0.6) is 0 Å². The van der Waals surface area contributed by atoms with Crippen molar-refractivity contribution in [3.05, 3.63) is 36.4 Å². The van der Waals surface area contributed by atoms with Crippen LogP contribution in [0.4, 0.5) is 0 Å². The molecular weight excluding hydrogens is 212 g/mol. The Labute approximate surface area is 96.4 Å². The van der Waals surface area contributed by atoms with Gasteiger partial charge in [0, 0.05) is 26.4 Å². The average Bonchev–Trinajstić information content (AvgIpc) is 2.67. The van der Waals surface area contributed by atoms with Gasteiger partial charge in [0.15, 0.2) is 0 Å². The molecule has 0 saturated carbocycles. The number of H-pyrrole nitrogens is 1. The van der Waals surface area contributed by atoms with Crippen LogP contribution < -0.4 is 17.0 Å². The highest BCUT2D eigenvalue weighted by molar-refractivity contribution is 4.85. The van der Waals surface area contributed by atoms with Crippen LogP contribution in [0.25, 0.3) is 0 Å². The van der Waals surface area contributed by atoms with Crippen molar-refractivity contribution in [2.75, 3.05) is 0 Å². The van der Waals surface area contributed by atoms with E-state index >= 15 is 0 Å². The minimum Gasteiger partial charge on any atom is -1.00 e. The summed E-state index contributed by atoms with van der Waals surface area (Å²) in [5.74, 6) is 2.24. The lowest BCUT2D eigenvalue weighted by Gasteiger charge is -1.87. The Morgan fingerprint density at radius 2 is 2.07 bits per heavy atom. The number of halogens is 1. The first-order valence-corrected chi connectivity index (χ1v) is 4.55. The molecule has 0 aromatic carbocycles. The second kappa shape index (κ2) is 6.24. The molecule has 0 spiro atoms. The summed E-state index contributed by atoms with van der Waals surface area (Å²) < 4.78 is 4.00. The van der Waals surface area contributed by atoms with Gasteiger partial charge in [-0.3, -0.25) is 0 Å². The molecule has 0 unspecified atom stereocenters. The number of nitrogens with zero attached hydrogens (tertiary/aromatic N) is 3. The van der Waals surface area contributed by atoms with Crippen molar-refractivity contribution in [1.82, 2.24) is 14.5 Å². The molecule has 0 aliphatic carbocycles. The molecule has 5 heteroatoms. The number of aromatic nitrogens is 4. The SMILES string of the molecule is Cc1[nH]cc[n+]1C.Cc1nccn1C.[Cl-]. The van der Waals surface area contributed by atoms with Gasteiger partial charge < -0.3 is 17.0 Å². The fourth-order valence-corrected chi connectivity index (χ4v) is 0.923. The summed E-state index contributed by atoms with van der Waals surface area (Å²) in [5.41, 5.74) is 0. The topological polar surface area (TPSA) is 37.5 Å². The molecular formula is C10H17ClN4. The molecule has 0 aliphatic rings. The molecule has 0 radical (unpaired) electrons. The maximum absolute atomic E-state index is 3.98. The third-order valence-corrected chi connectivity index (χ3v) is 2.18. The van der Waals surface area contributed by atoms with Crippen molar-refractivity contribution < 1.29 is 17.0 Å². The van der Waals surface area contributed by atoms with Crippen molar-refractivity contribution in [3.8, 4) is 0 Å². The molecule has 0 bridgehead atoms. The molecule has 0 saturated heterocycles. The van der Waals surface area contributed by atoms with Crippen molar-refractivity contribution in [2.45, 2.75) is 13.8 Å². The van der Waals surface area contributed by atoms with E-state index in [9.17, 15) is 0 Å². The van der Waals surface area contributed by atoms with Gasteiger partial charge in [-0.05, 0) is 6.92 Å². The van der Waals surface area contributed by atoms with E-state index in [0.717, 1.165) is 5.82 Å². The molecule has 84 valence electrons. The quantitative estimate of drug-likeness (QED) is 0.515. The standard InChI is InChI=1S/2C5H8N2.ClH/c2*1-5-6-3-4-7(5)2;/h2*3-4H,1-2H3;1H. The van der Waals surface area contributed by atoms with Crippen molar-refractivity contribution in [2.24, 2.45) is 14.1 Å². The summed E-state index contributed by atoms with van der Waals surface area (Å²) in [6, 6.07) is 0. The first-order chi connectivity index (χ1) is 6.61. The van der Waals surface area contributed by atoms with Gasteiger partial charge in [-0.25, -0.2) is 14.5 Å². The number of aromatic amines is 1. The molecule has 4 nitrogen and oxygen atoms in total. The molecule has 0 fully saturated rings. The summed E-state index contributed by atoms with van der Waals surface area (Å²) in [4.78, 5) is 7.01. The van der Waals surface area contributed by atoms with Gasteiger partial charge >= 0.3 is 0 Å². The number of imidazole rings is 2. The Hall–Kier alpha value is -1.29. The smallest absolute Gasteiger partial charge is 0.250 e. The number of rotatable bonds is 0. The Balaban J connectivity index is 0.000000245. The molecule has 0 atom stereocenters. The first-order valence-electron chi connectivity index (χ1n) is 4.55. The average molecular weight is 229 g/mol. The lowest BCUT2D eigenvalue weighted by atomic mass is 10.7. The molecule has 2 rings (SSSR count). The van der Waals surface area contributed by atoms with Gasteiger partial charge in [0.05, 0.1) is 7.05 Å². The van der Waals surface area contributed by atoms with Gasteiger partial charge in [0.2, 0.25) is 0 Å². The molecule has 1 N–H and O–H groups in total. The van der Waals surface area contributed by atoms with E-state index < -0.39 is 0 Å². The molecule has 2 heterocycles. The molecule has 0 amide bonds. The van der Waals surface area contributed by atoms with E-state index in [-0.39, 0.29) is 12.4 Å². The Morgan fingerprint density at radius 1 is 1.40 bits per heavy atom. The Morgan fingerprint density at radius 3 is 2.20 bits per heavy atom. The largest absolute Gasteiger partial charge is 1.00 e. The molecule has 2 aromatic heterocycles. The summed E-state index contributed by atoms with van der Waals surface area (Å²) in [6.45, 7) is 4.00. The van der Waals surface area contributed by atoms with Crippen molar-refractivity contribution in [3.63, 3.8) is 0 Å². The predicted octanol–water partition coefficient (Wildman–Crippen LogP) is -2.12. The van der Waals surface area contributed by atoms with E-state index in [1.54, 1.807) is 6.20 Å². The third-order valence-electron chi connectivity index (χ3n) is 2.18. The van der Waals surface area contributed by atoms with E-state index in [4.69, 9.17) is 0 Å². The van der Waals surface area contributed by atoms with E-state index in [1.165, 1.54) is 5.82 Å². The number of hydrogen-bond acceptors (Lipinski definition) is 1. The van der Waals surface area contributed by atoms with Crippen molar-refractivity contribution >= 4 is 0 Å². The van der Waals surface area contributed by atoms with E-state index in [0.29, 0.717) is 0 Å². The fourth-order valence-electron chi connectivity index (χ4n) is 0.923. The zero-order chi connectivity index (χ0) is 10.6. The summed E-state index contributed by atoms with van der Waals surface area (Å²) in [6.07, 6.45) is 7.61. The monoisotopic (exact) mass is 228 g/mol. The van der Waals surface area contributed by atoms with Crippen LogP contribution in [0.1, 0.15) is 11.6 Å². The summed E-state index contributed by atoms with van der Waals surface area (Å²) >= 11 is 0. The number of nitrogens with one attached hydrogen (secondary N) is 1. The maximum Gasteiger partial charge on any atom is 0.250 e. The predicted molar refractivity (Wildman–Crippen MR) is 54.7 cm³/mol. The second-order valence-electron chi connectivity index (χ2n) is 3.24. The zero-order valence-corrected chi connectivity index (χ0v) is 10.3. The van der Waals surface area contributed by atoms with Crippen LogP contribution in [-0.4, -0.2) is 14.5 Å². The molecule has 0 aliphatic heterocycles. The summed E-state index contributed by atoms with van der Waals surface area (Å²) in [5, 5.41) is 0. The van der Waals surface area contributed by atoms with Gasteiger partial charge in [-0.15, -0.1) is 0 Å². The van der Waals surface area contributed by atoms with Crippen LogP contribution in [0.3, 0.4) is 0 Å². The second-order valence-corrected chi connectivity index (χ2v) is 3.24. The van der Waals surface area contributed by atoms with Gasteiger partial charge in [-0.2, -0.15) is 0 Å². The minimum absolute atomic E-state index is 0. The lowest BCUT2D eigenvalue weighted by Crippen LogP contribution is -3.00. The zero-order valence-electron chi connectivity index (χ0n) is 9.53. The minimum atomic E-state index is 0. The van der Waals surface area contributed by atoms with E-state index in [1.807, 2.05) is 55.7 Å². The number of hydrogen-bond donors (Lipinski definition) is 1. The highest BCUT2D eigenvalue weighted by Gasteiger charge is 1.93.